The summed E-state index contributed by atoms with van der Waals surface area (Å²) in [5.74, 6) is 0.790. The maximum absolute atomic E-state index is 8.71. The van der Waals surface area contributed by atoms with Gasteiger partial charge in [0.05, 0.1) is 17.7 Å². The fourth-order valence-electron chi connectivity index (χ4n) is 2.29. The van der Waals surface area contributed by atoms with Gasteiger partial charge in [-0.05, 0) is 31.5 Å². The molecule has 1 unspecified atom stereocenters. The van der Waals surface area contributed by atoms with Crippen LogP contribution in [-0.4, -0.2) is 37.3 Å². The van der Waals surface area contributed by atoms with Gasteiger partial charge in [0.15, 0.2) is 0 Å². The molecule has 1 aromatic rings. The third-order valence-corrected chi connectivity index (χ3v) is 3.25. The molecule has 0 aromatic carbocycles. The molecule has 1 saturated heterocycles. The van der Waals surface area contributed by atoms with Crippen molar-refractivity contribution in [3.63, 3.8) is 0 Å². The van der Waals surface area contributed by atoms with Gasteiger partial charge in [0.1, 0.15) is 11.9 Å². The standard InChI is InChI=1S/C13H18N4O/c1-18-10-13(5-2-6-17-13)9-16-12-4-3-11(7-14)8-15-12/h3-4,8,17H,2,5-6,9-10H2,1H3,(H,15,16). The number of nitrogens with one attached hydrogen (secondary N) is 2. The summed E-state index contributed by atoms with van der Waals surface area (Å²) in [6.45, 7) is 2.50. The van der Waals surface area contributed by atoms with Crippen molar-refractivity contribution in [3.8, 4) is 6.07 Å². The van der Waals surface area contributed by atoms with Crippen LogP contribution in [0.5, 0.6) is 0 Å². The van der Waals surface area contributed by atoms with Gasteiger partial charge in [-0.3, -0.25) is 0 Å². The van der Waals surface area contributed by atoms with E-state index < -0.39 is 0 Å². The fraction of sp³-hybridized carbons (Fsp3) is 0.538. The van der Waals surface area contributed by atoms with Gasteiger partial charge in [-0.2, -0.15) is 5.26 Å². The van der Waals surface area contributed by atoms with E-state index in [0.29, 0.717) is 12.2 Å². The number of rotatable bonds is 5. The van der Waals surface area contributed by atoms with E-state index in [4.69, 9.17) is 10.00 Å². The van der Waals surface area contributed by atoms with Gasteiger partial charge in [0, 0.05) is 19.9 Å². The fourth-order valence-corrected chi connectivity index (χ4v) is 2.29. The summed E-state index contributed by atoms with van der Waals surface area (Å²) in [6, 6.07) is 5.65. The van der Waals surface area contributed by atoms with Crippen molar-refractivity contribution in [3.05, 3.63) is 23.9 Å². The second-order valence-corrected chi connectivity index (χ2v) is 4.64. The molecule has 2 rings (SSSR count). The van der Waals surface area contributed by atoms with Crippen LogP contribution in [0.1, 0.15) is 18.4 Å². The van der Waals surface area contributed by atoms with Gasteiger partial charge in [-0.25, -0.2) is 4.98 Å². The van der Waals surface area contributed by atoms with Crippen molar-refractivity contribution in [2.45, 2.75) is 18.4 Å². The minimum Gasteiger partial charge on any atom is -0.383 e. The number of nitriles is 1. The summed E-state index contributed by atoms with van der Waals surface area (Å²) in [5, 5.41) is 15.5. The molecule has 0 amide bonds. The molecule has 18 heavy (non-hydrogen) atoms. The third kappa shape index (κ3) is 2.97. The topological polar surface area (TPSA) is 70.0 Å². The van der Waals surface area contributed by atoms with Crippen LogP contribution < -0.4 is 10.6 Å². The molecular weight excluding hydrogens is 228 g/mol. The van der Waals surface area contributed by atoms with E-state index in [1.165, 1.54) is 6.42 Å². The van der Waals surface area contributed by atoms with Crippen LogP contribution in [0.2, 0.25) is 0 Å². The minimum absolute atomic E-state index is 0.00430. The van der Waals surface area contributed by atoms with E-state index >= 15 is 0 Å². The first-order chi connectivity index (χ1) is 8.78. The Morgan fingerprint density at radius 1 is 1.61 bits per heavy atom. The quantitative estimate of drug-likeness (QED) is 0.815. The van der Waals surface area contributed by atoms with E-state index in [1.54, 1.807) is 19.4 Å². The lowest BCUT2D eigenvalue weighted by Crippen LogP contribution is -2.49. The zero-order valence-electron chi connectivity index (χ0n) is 10.6. The van der Waals surface area contributed by atoms with Crippen LogP contribution in [0.4, 0.5) is 5.82 Å². The molecule has 5 nitrogen and oxygen atoms in total. The third-order valence-electron chi connectivity index (χ3n) is 3.25. The molecular formula is C13H18N4O. The van der Waals surface area contributed by atoms with Gasteiger partial charge < -0.3 is 15.4 Å². The molecule has 0 saturated carbocycles. The van der Waals surface area contributed by atoms with Crippen LogP contribution >= 0.6 is 0 Å². The highest BCUT2D eigenvalue weighted by Crippen LogP contribution is 2.20. The average molecular weight is 246 g/mol. The summed E-state index contributed by atoms with van der Waals surface area (Å²) < 4.78 is 5.29. The lowest BCUT2D eigenvalue weighted by Gasteiger charge is -2.29. The average Bonchev–Trinajstić information content (AvgIpc) is 2.87. The maximum Gasteiger partial charge on any atom is 0.126 e. The lowest BCUT2D eigenvalue weighted by atomic mass is 9.99. The first-order valence-corrected chi connectivity index (χ1v) is 6.12. The van der Waals surface area contributed by atoms with E-state index in [9.17, 15) is 0 Å². The second kappa shape index (κ2) is 5.80. The second-order valence-electron chi connectivity index (χ2n) is 4.64. The zero-order valence-corrected chi connectivity index (χ0v) is 10.6. The number of pyridine rings is 1. The Balaban J connectivity index is 1.94. The highest BCUT2D eigenvalue weighted by atomic mass is 16.5. The summed E-state index contributed by atoms with van der Waals surface area (Å²) in [4.78, 5) is 4.20. The summed E-state index contributed by atoms with van der Waals surface area (Å²) in [6.07, 6.45) is 3.85. The number of ether oxygens (including phenoxy) is 1. The Morgan fingerprint density at radius 2 is 2.50 bits per heavy atom. The number of aromatic nitrogens is 1. The molecule has 0 radical (unpaired) electrons. The summed E-state index contributed by atoms with van der Waals surface area (Å²) in [7, 11) is 1.72. The smallest absolute Gasteiger partial charge is 0.126 e. The van der Waals surface area contributed by atoms with E-state index in [-0.39, 0.29) is 5.54 Å². The Hall–Kier alpha value is -1.64. The van der Waals surface area contributed by atoms with Crippen molar-refractivity contribution in [1.82, 2.24) is 10.3 Å². The lowest BCUT2D eigenvalue weighted by molar-refractivity contribution is 0.127. The van der Waals surface area contributed by atoms with E-state index in [0.717, 1.165) is 25.3 Å². The predicted octanol–water partition coefficient (Wildman–Crippen LogP) is 1.13. The SMILES string of the molecule is COCC1(CNc2ccc(C#N)cn2)CCCN1. The van der Waals surface area contributed by atoms with Crippen molar-refractivity contribution in [2.24, 2.45) is 0 Å². The van der Waals surface area contributed by atoms with Crippen molar-refractivity contribution >= 4 is 5.82 Å². The van der Waals surface area contributed by atoms with Crippen LogP contribution in [0.15, 0.2) is 18.3 Å². The molecule has 1 aliphatic rings. The summed E-state index contributed by atoms with van der Waals surface area (Å²) >= 11 is 0. The minimum atomic E-state index is 0.00430. The van der Waals surface area contributed by atoms with Crippen LogP contribution in [-0.2, 0) is 4.74 Å². The molecule has 5 heteroatoms. The van der Waals surface area contributed by atoms with Gasteiger partial charge >= 0.3 is 0 Å². The molecule has 1 fully saturated rings. The van der Waals surface area contributed by atoms with Crippen molar-refractivity contribution in [1.29, 1.82) is 5.26 Å². The van der Waals surface area contributed by atoms with Crippen molar-refractivity contribution in [2.75, 3.05) is 32.1 Å². The number of methoxy groups -OCH3 is 1. The van der Waals surface area contributed by atoms with Gasteiger partial charge in [-0.1, -0.05) is 0 Å². The Labute approximate surface area is 107 Å². The van der Waals surface area contributed by atoms with Crippen LogP contribution in [0.25, 0.3) is 0 Å². The number of hydrogen-bond donors (Lipinski definition) is 2. The van der Waals surface area contributed by atoms with Gasteiger partial charge in [0.25, 0.3) is 0 Å². The Morgan fingerprint density at radius 3 is 3.06 bits per heavy atom. The maximum atomic E-state index is 8.71. The molecule has 0 bridgehead atoms. The number of nitrogens with zero attached hydrogens (tertiary/aromatic N) is 2. The highest BCUT2D eigenvalue weighted by molar-refractivity contribution is 5.39. The van der Waals surface area contributed by atoms with Gasteiger partial charge in [-0.15, -0.1) is 0 Å². The Bertz CT molecular complexity index is 418. The molecule has 0 spiro atoms. The van der Waals surface area contributed by atoms with Gasteiger partial charge in [0.2, 0.25) is 0 Å². The predicted molar refractivity (Wildman–Crippen MR) is 69.3 cm³/mol. The molecule has 2 heterocycles. The Kier molecular flexibility index (Phi) is 4.13. The molecule has 1 aliphatic heterocycles. The molecule has 1 atom stereocenters. The first-order valence-electron chi connectivity index (χ1n) is 6.12. The van der Waals surface area contributed by atoms with Crippen LogP contribution in [0.3, 0.4) is 0 Å². The number of anilines is 1. The molecule has 0 aliphatic carbocycles. The largest absolute Gasteiger partial charge is 0.383 e. The number of hydrogen-bond acceptors (Lipinski definition) is 5. The molecule has 2 N–H and O–H groups in total. The van der Waals surface area contributed by atoms with Crippen molar-refractivity contribution < 1.29 is 4.74 Å². The summed E-state index contributed by atoms with van der Waals surface area (Å²) in [5.41, 5.74) is 0.579. The van der Waals surface area contributed by atoms with Crippen LogP contribution in [0, 0.1) is 11.3 Å². The van der Waals surface area contributed by atoms with E-state index in [1.807, 2.05) is 6.07 Å². The highest BCUT2D eigenvalue weighted by Gasteiger charge is 2.33. The normalized spacial score (nSPS) is 22.7. The molecule has 96 valence electrons. The first kappa shape index (κ1) is 12.8. The van der Waals surface area contributed by atoms with E-state index in [2.05, 4.69) is 21.7 Å². The zero-order chi connectivity index (χ0) is 12.8. The molecule has 1 aromatic heterocycles. The monoisotopic (exact) mass is 246 g/mol.